The predicted octanol–water partition coefficient (Wildman–Crippen LogP) is 3.10. The zero-order valence-corrected chi connectivity index (χ0v) is 12.4. The van der Waals surface area contributed by atoms with E-state index in [2.05, 4.69) is 31.2 Å². The van der Waals surface area contributed by atoms with Crippen LogP contribution < -0.4 is 5.32 Å². The van der Waals surface area contributed by atoms with Gasteiger partial charge in [-0.2, -0.15) is 0 Å². The van der Waals surface area contributed by atoms with Crippen LogP contribution in [0.5, 0.6) is 0 Å². The first-order chi connectivity index (χ1) is 8.54. The van der Waals surface area contributed by atoms with Gasteiger partial charge in [-0.3, -0.25) is 4.79 Å². The van der Waals surface area contributed by atoms with Crippen molar-refractivity contribution in [3.05, 3.63) is 38.4 Å². The molecule has 0 bridgehead atoms. The van der Waals surface area contributed by atoms with E-state index in [-0.39, 0.29) is 12.3 Å². The summed E-state index contributed by atoms with van der Waals surface area (Å²) in [5, 5.41) is 5.63. The summed E-state index contributed by atoms with van der Waals surface area (Å²) in [6, 6.07) is 1.83. The second-order valence-electron chi connectivity index (χ2n) is 3.90. The van der Waals surface area contributed by atoms with Crippen LogP contribution in [0.1, 0.15) is 16.3 Å². The molecule has 2 aromatic rings. The van der Waals surface area contributed by atoms with Gasteiger partial charge in [0.25, 0.3) is 0 Å². The van der Waals surface area contributed by atoms with E-state index in [9.17, 15) is 4.79 Å². The average molecular weight is 326 g/mol. The molecule has 1 amide bonds. The first kappa shape index (κ1) is 13.2. The largest absolute Gasteiger partial charge is 0.310 e. The van der Waals surface area contributed by atoms with Gasteiger partial charge in [0.05, 0.1) is 17.1 Å². The molecule has 2 heterocycles. The van der Waals surface area contributed by atoms with Gasteiger partial charge in [-0.15, -0.1) is 11.3 Å². The molecular formula is C12H12BrN3OS. The average Bonchev–Trinajstić information content (AvgIpc) is 2.69. The standard InChI is InChI=1S/C12H12BrN3OS/c1-7-3-11(14-5-10(7)13)16-12(17)4-9-6-18-8(2)15-9/h3,5-6H,4H2,1-2H3,(H,14,16,17). The molecule has 0 spiro atoms. The number of anilines is 1. The highest BCUT2D eigenvalue weighted by molar-refractivity contribution is 9.10. The quantitative estimate of drug-likeness (QED) is 0.943. The van der Waals surface area contributed by atoms with E-state index in [1.54, 1.807) is 17.5 Å². The molecule has 0 unspecified atom stereocenters. The van der Waals surface area contributed by atoms with Gasteiger partial charge in [-0.25, -0.2) is 9.97 Å². The molecule has 0 aromatic carbocycles. The van der Waals surface area contributed by atoms with Crippen LogP contribution in [0.4, 0.5) is 5.82 Å². The van der Waals surface area contributed by atoms with Crippen molar-refractivity contribution in [1.29, 1.82) is 0 Å². The zero-order chi connectivity index (χ0) is 13.1. The van der Waals surface area contributed by atoms with E-state index >= 15 is 0 Å². The van der Waals surface area contributed by atoms with Gasteiger partial charge in [0, 0.05) is 16.0 Å². The lowest BCUT2D eigenvalue weighted by atomic mass is 10.3. The number of pyridine rings is 1. The fourth-order valence-electron chi connectivity index (χ4n) is 1.45. The van der Waals surface area contributed by atoms with E-state index in [1.165, 1.54) is 0 Å². The number of nitrogens with zero attached hydrogens (tertiary/aromatic N) is 2. The Bertz CT molecular complexity index is 582. The second-order valence-corrected chi connectivity index (χ2v) is 5.82. The molecule has 2 aromatic heterocycles. The van der Waals surface area contributed by atoms with E-state index in [1.807, 2.05) is 25.3 Å². The van der Waals surface area contributed by atoms with Gasteiger partial charge in [0.1, 0.15) is 5.82 Å². The third-order valence-electron chi connectivity index (χ3n) is 2.32. The predicted molar refractivity (Wildman–Crippen MR) is 75.9 cm³/mol. The van der Waals surface area contributed by atoms with Crippen LogP contribution in [0.3, 0.4) is 0 Å². The van der Waals surface area contributed by atoms with E-state index in [4.69, 9.17) is 0 Å². The van der Waals surface area contributed by atoms with Crippen molar-refractivity contribution in [3.8, 4) is 0 Å². The lowest BCUT2D eigenvalue weighted by Crippen LogP contribution is -2.15. The summed E-state index contributed by atoms with van der Waals surface area (Å²) in [4.78, 5) is 20.2. The Kier molecular flexibility index (Phi) is 4.08. The maximum Gasteiger partial charge on any atom is 0.231 e. The molecule has 0 saturated heterocycles. The summed E-state index contributed by atoms with van der Waals surface area (Å²) >= 11 is 4.91. The van der Waals surface area contributed by atoms with Crippen LogP contribution in [0.25, 0.3) is 0 Å². The van der Waals surface area contributed by atoms with Gasteiger partial charge in [0.15, 0.2) is 0 Å². The van der Waals surface area contributed by atoms with Gasteiger partial charge in [-0.05, 0) is 41.4 Å². The second kappa shape index (κ2) is 5.58. The topological polar surface area (TPSA) is 54.9 Å². The van der Waals surface area contributed by atoms with Crippen LogP contribution in [-0.4, -0.2) is 15.9 Å². The summed E-state index contributed by atoms with van der Waals surface area (Å²) in [7, 11) is 0. The third-order valence-corrected chi connectivity index (χ3v) is 3.98. The van der Waals surface area contributed by atoms with Crippen molar-refractivity contribution in [2.24, 2.45) is 0 Å². The smallest absolute Gasteiger partial charge is 0.231 e. The van der Waals surface area contributed by atoms with Crippen molar-refractivity contribution in [3.63, 3.8) is 0 Å². The summed E-state index contributed by atoms with van der Waals surface area (Å²) in [6.45, 7) is 3.87. The van der Waals surface area contributed by atoms with E-state index in [0.29, 0.717) is 5.82 Å². The normalized spacial score (nSPS) is 10.4. The van der Waals surface area contributed by atoms with Crippen LogP contribution in [0.2, 0.25) is 0 Å². The number of halogens is 1. The summed E-state index contributed by atoms with van der Waals surface area (Å²) < 4.78 is 0.927. The molecule has 4 nitrogen and oxygen atoms in total. The fraction of sp³-hybridized carbons (Fsp3) is 0.250. The van der Waals surface area contributed by atoms with Crippen LogP contribution in [0, 0.1) is 13.8 Å². The lowest BCUT2D eigenvalue weighted by Gasteiger charge is -2.05. The molecule has 18 heavy (non-hydrogen) atoms. The molecule has 6 heteroatoms. The number of nitrogens with one attached hydrogen (secondary N) is 1. The Balaban J connectivity index is 2.00. The minimum atomic E-state index is -0.102. The van der Waals surface area contributed by atoms with Gasteiger partial charge >= 0.3 is 0 Å². The number of aromatic nitrogens is 2. The fourth-order valence-corrected chi connectivity index (χ4v) is 2.28. The molecule has 0 saturated carbocycles. The molecule has 1 N–H and O–H groups in total. The molecule has 0 fully saturated rings. The summed E-state index contributed by atoms with van der Waals surface area (Å²) in [5.74, 6) is 0.460. The maximum absolute atomic E-state index is 11.8. The molecule has 0 radical (unpaired) electrons. The first-order valence-corrected chi connectivity index (χ1v) is 7.05. The minimum Gasteiger partial charge on any atom is -0.310 e. The molecule has 0 aliphatic heterocycles. The number of carbonyl (C=O) groups is 1. The van der Waals surface area contributed by atoms with Crippen LogP contribution in [0.15, 0.2) is 22.1 Å². The SMILES string of the molecule is Cc1nc(CC(=O)Nc2cc(C)c(Br)cn2)cs1. The molecule has 0 atom stereocenters. The van der Waals surface area contributed by atoms with Gasteiger partial charge < -0.3 is 5.32 Å². The van der Waals surface area contributed by atoms with Crippen molar-refractivity contribution < 1.29 is 4.79 Å². The van der Waals surface area contributed by atoms with Crippen LogP contribution in [-0.2, 0) is 11.2 Å². The van der Waals surface area contributed by atoms with E-state index < -0.39 is 0 Å². The molecule has 2 rings (SSSR count). The lowest BCUT2D eigenvalue weighted by molar-refractivity contribution is -0.115. The van der Waals surface area contributed by atoms with E-state index in [0.717, 1.165) is 20.7 Å². The highest BCUT2D eigenvalue weighted by Gasteiger charge is 2.08. The number of amides is 1. The molecule has 0 aliphatic carbocycles. The number of aryl methyl sites for hydroxylation is 2. The first-order valence-electron chi connectivity index (χ1n) is 5.37. The molecule has 0 aliphatic rings. The Hall–Kier alpha value is -1.27. The summed E-state index contributed by atoms with van der Waals surface area (Å²) in [5.41, 5.74) is 1.83. The third kappa shape index (κ3) is 3.36. The monoisotopic (exact) mass is 325 g/mol. The maximum atomic E-state index is 11.8. The van der Waals surface area contributed by atoms with Gasteiger partial charge in [0.2, 0.25) is 5.91 Å². The highest BCUT2D eigenvalue weighted by atomic mass is 79.9. The number of thiazole rings is 1. The molecular weight excluding hydrogens is 314 g/mol. The van der Waals surface area contributed by atoms with Crippen molar-refractivity contribution in [2.75, 3.05) is 5.32 Å². The number of carbonyl (C=O) groups excluding carboxylic acids is 1. The number of hydrogen-bond donors (Lipinski definition) is 1. The van der Waals surface area contributed by atoms with Crippen molar-refractivity contribution in [1.82, 2.24) is 9.97 Å². The number of rotatable bonds is 3. The zero-order valence-electron chi connectivity index (χ0n) is 10.0. The molecule has 94 valence electrons. The Morgan fingerprint density at radius 1 is 1.50 bits per heavy atom. The highest BCUT2D eigenvalue weighted by Crippen LogP contribution is 2.17. The number of hydrogen-bond acceptors (Lipinski definition) is 4. The van der Waals surface area contributed by atoms with Gasteiger partial charge in [-0.1, -0.05) is 0 Å². The Morgan fingerprint density at radius 2 is 2.28 bits per heavy atom. The summed E-state index contributed by atoms with van der Waals surface area (Å²) in [6.07, 6.45) is 1.96. The Labute approximate surface area is 118 Å². The van der Waals surface area contributed by atoms with Crippen LogP contribution >= 0.6 is 27.3 Å². The Morgan fingerprint density at radius 3 is 2.89 bits per heavy atom. The van der Waals surface area contributed by atoms with Crippen molar-refractivity contribution >= 4 is 39.0 Å². The minimum absolute atomic E-state index is 0.102. The van der Waals surface area contributed by atoms with Crippen molar-refractivity contribution in [2.45, 2.75) is 20.3 Å².